The Hall–Kier alpha value is -4.32. The second-order valence-electron chi connectivity index (χ2n) is 8.11. The predicted molar refractivity (Wildman–Crippen MR) is 128 cm³/mol. The average Bonchev–Trinajstić information content (AvgIpc) is 3.42. The minimum atomic E-state index is -1.01. The molecule has 0 saturated heterocycles. The molecule has 6 nitrogen and oxygen atoms in total. The summed E-state index contributed by atoms with van der Waals surface area (Å²) in [4.78, 5) is 16.4. The fourth-order valence-electron chi connectivity index (χ4n) is 3.88. The molecule has 5 rings (SSSR count). The zero-order valence-corrected chi connectivity index (χ0v) is 18.6. The summed E-state index contributed by atoms with van der Waals surface area (Å²) in [6, 6.07) is 26.4. The summed E-state index contributed by atoms with van der Waals surface area (Å²) in [6.45, 7) is 1.90. The quantitative estimate of drug-likeness (QED) is 0.307. The molecule has 0 aliphatic rings. The highest BCUT2D eigenvalue weighted by Gasteiger charge is 2.21. The second kappa shape index (κ2) is 9.27. The second-order valence-corrected chi connectivity index (χ2v) is 8.11. The van der Waals surface area contributed by atoms with Crippen LogP contribution in [0.4, 0.5) is 0 Å². The van der Waals surface area contributed by atoms with E-state index in [0.29, 0.717) is 18.1 Å². The largest absolute Gasteiger partial charge is 0.478 e. The maximum absolute atomic E-state index is 11.8. The van der Waals surface area contributed by atoms with Gasteiger partial charge in [-0.25, -0.2) is 9.78 Å². The van der Waals surface area contributed by atoms with Crippen LogP contribution in [0, 0.1) is 6.92 Å². The number of oxazole rings is 1. The summed E-state index contributed by atoms with van der Waals surface area (Å²) >= 11 is 0. The number of ether oxygens (including phenoxy) is 1. The number of furan rings is 1. The first kappa shape index (κ1) is 21.5. The minimum absolute atomic E-state index is 0.240. The summed E-state index contributed by atoms with van der Waals surface area (Å²) in [5.41, 5.74) is 3.34. The van der Waals surface area contributed by atoms with Crippen LogP contribution in [0.3, 0.4) is 0 Å². The van der Waals surface area contributed by atoms with Gasteiger partial charge in [-0.2, -0.15) is 0 Å². The number of aromatic nitrogens is 1. The molecule has 1 N–H and O–H groups in total. The molecular formula is C28H23NO5. The van der Waals surface area contributed by atoms with Crippen LogP contribution in [0.2, 0.25) is 0 Å². The zero-order chi connectivity index (χ0) is 23.5. The maximum Gasteiger partial charge on any atom is 0.345 e. The van der Waals surface area contributed by atoms with Gasteiger partial charge in [-0.1, -0.05) is 42.5 Å². The smallest absolute Gasteiger partial charge is 0.345 e. The average molecular weight is 453 g/mol. The molecule has 0 spiro atoms. The third kappa shape index (κ3) is 4.71. The van der Waals surface area contributed by atoms with Crippen molar-refractivity contribution in [3.63, 3.8) is 0 Å². The third-order valence-corrected chi connectivity index (χ3v) is 5.60. The lowest BCUT2D eigenvalue weighted by Gasteiger charge is -2.15. The molecule has 0 fully saturated rings. The normalized spacial score (nSPS) is 12.0. The number of hydrogen-bond acceptors (Lipinski definition) is 5. The van der Waals surface area contributed by atoms with E-state index in [2.05, 4.69) is 4.98 Å². The van der Waals surface area contributed by atoms with Crippen molar-refractivity contribution in [2.75, 3.05) is 0 Å². The van der Waals surface area contributed by atoms with E-state index in [1.807, 2.05) is 79.7 Å². The monoisotopic (exact) mass is 453 g/mol. The summed E-state index contributed by atoms with van der Waals surface area (Å²) < 4.78 is 17.6. The summed E-state index contributed by atoms with van der Waals surface area (Å²) in [7, 11) is 0. The van der Waals surface area contributed by atoms with Gasteiger partial charge in [-0.05, 0) is 55.0 Å². The number of hydrogen-bond donors (Lipinski definition) is 1. The van der Waals surface area contributed by atoms with Gasteiger partial charge >= 0.3 is 5.97 Å². The first-order valence-corrected chi connectivity index (χ1v) is 11.0. The van der Waals surface area contributed by atoms with Crippen LogP contribution in [0.15, 0.2) is 93.8 Å². The van der Waals surface area contributed by atoms with Crippen LogP contribution in [0.5, 0.6) is 5.75 Å². The van der Waals surface area contributed by atoms with Crippen LogP contribution in [0.25, 0.3) is 22.4 Å². The molecule has 0 aliphatic carbocycles. The zero-order valence-electron chi connectivity index (χ0n) is 18.6. The van der Waals surface area contributed by atoms with Gasteiger partial charge in [0.25, 0.3) is 0 Å². The van der Waals surface area contributed by atoms with E-state index in [9.17, 15) is 9.90 Å². The van der Waals surface area contributed by atoms with Gasteiger partial charge in [0.1, 0.15) is 22.9 Å². The molecule has 1 atom stereocenters. The highest BCUT2D eigenvalue weighted by atomic mass is 16.5. The van der Waals surface area contributed by atoms with E-state index in [4.69, 9.17) is 13.6 Å². The van der Waals surface area contributed by atoms with Crippen LogP contribution < -0.4 is 4.74 Å². The lowest BCUT2D eigenvalue weighted by Crippen LogP contribution is -2.29. The summed E-state index contributed by atoms with van der Waals surface area (Å²) in [5, 5.41) is 10.5. The van der Waals surface area contributed by atoms with Crippen LogP contribution >= 0.6 is 0 Å². The van der Waals surface area contributed by atoms with Crippen LogP contribution in [-0.2, 0) is 17.6 Å². The highest BCUT2D eigenvalue weighted by molar-refractivity contribution is 5.79. The van der Waals surface area contributed by atoms with Crippen molar-refractivity contribution in [1.29, 1.82) is 0 Å². The van der Waals surface area contributed by atoms with Gasteiger partial charge in [-0.15, -0.1) is 0 Å². The minimum Gasteiger partial charge on any atom is -0.478 e. The number of nitrogens with zero attached hydrogens (tertiary/aromatic N) is 1. The Morgan fingerprint density at radius 2 is 1.71 bits per heavy atom. The van der Waals surface area contributed by atoms with E-state index in [0.717, 1.165) is 39.3 Å². The number of rotatable bonds is 8. The van der Waals surface area contributed by atoms with E-state index >= 15 is 0 Å². The summed E-state index contributed by atoms with van der Waals surface area (Å²) in [5.74, 6) is 1.62. The molecule has 2 aromatic heterocycles. The Labute approximate surface area is 196 Å². The van der Waals surface area contributed by atoms with Gasteiger partial charge in [0.15, 0.2) is 6.10 Å². The van der Waals surface area contributed by atoms with Crippen molar-refractivity contribution < 1.29 is 23.5 Å². The Bertz CT molecular complexity index is 1420. The standard InChI is InChI=1S/C28H23NO5/c1-18-24(29-27(32-18)20-8-4-2-5-9-20)17-23-16-21-14-19(12-13-25(21)34-23)15-26(28(30)31)33-22-10-6-3-7-11-22/h2-14,16,26H,15,17H2,1H3,(H,30,31)/t26-/m1/s1. The molecule has 0 unspecified atom stereocenters. The van der Waals surface area contributed by atoms with Crippen molar-refractivity contribution in [3.8, 4) is 17.2 Å². The molecular weight excluding hydrogens is 430 g/mol. The Morgan fingerprint density at radius 3 is 2.44 bits per heavy atom. The van der Waals surface area contributed by atoms with Crippen LogP contribution in [-0.4, -0.2) is 22.2 Å². The fraction of sp³-hybridized carbons (Fsp3) is 0.143. The number of carboxylic acids is 1. The number of fused-ring (bicyclic) bond motifs is 1. The lowest BCUT2D eigenvalue weighted by atomic mass is 10.1. The topological polar surface area (TPSA) is 85.7 Å². The first-order chi connectivity index (χ1) is 16.5. The Kier molecular flexibility index (Phi) is 5.87. The van der Waals surface area contributed by atoms with Crippen molar-refractivity contribution >= 4 is 16.9 Å². The van der Waals surface area contributed by atoms with Crippen molar-refractivity contribution in [2.24, 2.45) is 0 Å². The third-order valence-electron chi connectivity index (χ3n) is 5.60. The molecule has 34 heavy (non-hydrogen) atoms. The summed E-state index contributed by atoms with van der Waals surface area (Å²) in [6.07, 6.45) is -0.245. The number of aryl methyl sites for hydroxylation is 1. The number of para-hydroxylation sites is 1. The SMILES string of the molecule is Cc1oc(-c2ccccc2)nc1Cc1cc2cc(C[C@@H](Oc3ccccc3)C(=O)O)ccc2o1. The molecule has 170 valence electrons. The first-order valence-electron chi connectivity index (χ1n) is 11.0. The van der Waals surface area contributed by atoms with Crippen molar-refractivity contribution in [3.05, 3.63) is 108 Å². The number of benzene rings is 3. The molecule has 5 aromatic rings. The van der Waals surface area contributed by atoms with Crippen molar-refractivity contribution in [1.82, 2.24) is 4.98 Å². The van der Waals surface area contributed by atoms with Gasteiger partial charge in [-0.3, -0.25) is 0 Å². The molecule has 0 saturated carbocycles. The predicted octanol–water partition coefficient (Wildman–Crippen LogP) is 6.06. The number of aliphatic carboxylic acids is 1. The molecule has 0 amide bonds. The fourth-order valence-corrected chi connectivity index (χ4v) is 3.88. The Morgan fingerprint density at radius 1 is 0.971 bits per heavy atom. The molecule has 0 aliphatic heterocycles. The van der Waals surface area contributed by atoms with E-state index in [-0.39, 0.29) is 6.42 Å². The van der Waals surface area contributed by atoms with Gasteiger partial charge in [0.2, 0.25) is 5.89 Å². The molecule has 3 aromatic carbocycles. The van der Waals surface area contributed by atoms with E-state index in [1.165, 1.54) is 0 Å². The highest BCUT2D eigenvalue weighted by Crippen LogP contribution is 2.27. The van der Waals surface area contributed by atoms with Crippen molar-refractivity contribution in [2.45, 2.75) is 25.9 Å². The number of carboxylic acid groups (broad SMARTS) is 1. The van der Waals surface area contributed by atoms with Gasteiger partial charge in [0, 0.05) is 17.4 Å². The van der Waals surface area contributed by atoms with E-state index in [1.54, 1.807) is 12.1 Å². The maximum atomic E-state index is 11.8. The number of carbonyl (C=O) groups is 1. The molecule has 6 heteroatoms. The van der Waals surface area contributed by atoms with E-state index < -0.39 is 12.1 Å². The van der Waals surface area contributed by atoms with Gasteiger partial charge in [0.05, 0.1) is 12.1 Å². The molecule has 2 heterocycles. The molecule has 0 bridgehead atoms. The van der Waals surface area contributed by atoms with Gasteiger partial charge < -0.3 is 18.7 Å². The lowest BCUT2D eigenvalue weighted by molar-refractivity contribution is -0.145. The Balaban J connectivity index is 1.34. The van der Waals surface area contributed by atoms with Crippen LogP contribution in [0.1, 0.15) is 22.8 Å². The molecule has 0 radical (unpaired) electrons.